The van der Waals surface area contributed by atoms with Crippen molar-refractivity contribution in [1.82, 2.24) is 15.3 Å². The van der Waals surface area contributed by atoms with Crippen LogP contribution in [0.1, 0.15) is 41.3 Å². The molecule has 0 bridgehead atoms. The van der Waals surface area contributed by atoms with Crippen molar-refractivity contribution in [1.29, 1.82) is 0 Å². The monoisotopic (exact) mass is 399 g/mol. The van der Waals surface area contributed by atoms with E-state index in [-0.39, 0.29) is 5.56 Å². The number of carbonyl (C=O) groups is 3. The third kappa shape index (κ3) is 5.86. The average molecular weight is 399 g/mol. The van der Waals surface area contributed by atoms with Gasteiger partial charge in [-0.3, -0.25) is 4.79 Å². The number of hydrogen-bond acceptors (Lipinski definition) is 8. The summed E-state index contributed by atoms with van der Waals surface area (Å²) in [5.74, 6) is -3.51. The van der Waals surface area contributed by atoms with Crippen molar-refractivity contribution in [2.45, 2.75) is 39.8 Å². The molecule has 2 heterocycles. The Balaban J connectivity index is 0.000000527. The molecule has 0 saturated heterocycles. The first-order valence-corrected chi connectivity index (χ1v) is 8.74. The maximum absolute atomic E-state index is 12.2. The van der Waals surface area contributed by atoms with E-state index in [0.29, 0.717) is 39.1 Å². The van der Waals surface area contributed by atoms with Crippen LogP contribution in [0.2, 0.25) is 0 Å². The third-order valence-corrected chi connectivity index (χ3v) is 4.80. The van der Waals surface area contributed by atoms with E-state index in [1.165, 1.54) is 18.4 Å². The highest BCUT2D eigenvalue weighted by atomic mass is 32.1. The zero-order valence-electron chi connectivity index (χ0n) is 15.3. The van der Waals surface area contributed by atoms with Crippen molar-refractivity contribution in [3.8, 4) is 0 Å². The molecule has 0 amide bonds. The number of aliphatic carboxylic acids is 2. The minimum Gasteiger partial charge on any atom is -0.473 e. The molecule has 0 aliphatic heterocycles. The molecule has 27 heavy (non-hydrogen) atoms. The maximum atomic E-state index is 12.2. The number of fused-ring (bicyclic) bond motifs is 1. The quantitative estimate of drug-likeness (QED) is 0.427. The maximum Gasteiger partial charge on any atom is 0.414 e. The van der Waals surface area contributed by atoms with Gasteiger partial charge in [0.15, 0.2) is 0 Å². The van der Waals surface area contributed by atoms with Crippen molar-refractivity contribution in [3.63, 3.8) is 0 Å². The zero-order chi connectivity index (χ0) is 20.7. The minimum atomic E-state index is -1.82. The number of carboxylic acid groups (broad SMARTS) is 2. The number of methoxy groups -OCH3 is 1. The second-order valence-electron chi connectivity index (χ2n) is 5.54. The van der Waals surface area contributed by atoms with Crippen molar-refractivity contribution in [3.05, 3.63) is 26.6 Å². The number of H-pyrrole nitrogens is 1. The Kier molecular flexibility index (Phi) is 8.06. The summed E-state index contributed by atoms with van der Waals surface area (Å²) in [5.41, 5.74) is 0.405. The molecule has 0 aromatic carbocycles. The number of carboxylic acids is 2. The summed E-state index contributed by atoms with van der Waals surface area (Å²) in [6, 6.07) is 0.349. The van der Waals surface area contributed by atoms with Gasteiger partial charge in [-0.25, -0.2) is 19.4 Å². The predicted octanol–water partition coefficient (Wildman–Crippen LogP) is 1.12. The molecule has 0 aliphatic carbocycles. The molecule has 0 aliphatic rings. The van der Waals surface area contributed by atoms with E-state index in [4.69, 9.17) is 24.5 Å². The Morgan fingerprint density at radius 1 is 1.30 bits per heavy atom. The molecular weight excluding hydrogens is 378 g/mol. The highest BCUT2D eigenvalue weighted by molar-refractivity contribution is 7.20. The number of hydrogen-bond donors (Lipinski definition) is 4. The highest BCUT2D eigenvalue weighted by Gasteiger charge is 2.19. The second-order valence-corrected chi connectivity index (χ2v) is 6.54. The molecule has 1 unspecified atom stereocenters. The van der Waals surface area contributed by atoms with E-state index >= 15 is 0 Å². The SMILES string of the molecule is CCC(C)NCc1nc2sc(C(=O)OC)c(C)c2c(=O)[nH]1.O=C(O)C(=O)O. The molecule has 4 N–H and O–H groups in total. The number of aromatic amines is 1. The minimum absolute atomic E-state index is 0.218. The molecule has 0 saturated carbocycles. The Morgan fingerprint density at radius 3 is 2.37 bits per heavy atom. The normalized spacial score (nSPS) is 11.4. The number of rotatable bonds is 5. The number of nitrogens with zero attached hydrogens (tertiary/aromatic N) is 1. The molecule has 0 spiro atoms. The largest absolute Gasteiger partial charge is 0.473 e. The van der Waals surface area contributed by atoms with Gasteiger partial charge in [0.25, 0.3) is 5.56 Å². The highest BCUT2D eigenvalue weighted by Crippen LogP contribution is 2.27. The van der Waals surface area contributed by atoms with Gasteiger partial charge in [0.05, 0.1) is 19.0 Å². The lowest BCUT2D eigenvalue weighted by molar-refractivity contribution is -0.159. The van der Waals surface area contributed by atoms with E-state index in [9.17, 15) is 9.59 Å². The lowest BCUT2D eigenvalue weighted by atomic mass is 10.2. The van der Waals surface area contributed by atoms with Crippen LogP contribution in [0.15, 0.2) is 4.79 Å². The summed E-state index contributed by atoms with van der Waals surface area (Å²) in [4.78, 5) is 50.3. The van der Waals surface area contributed by atoms with Gasteiger partial charge in [-0.15, -0.1) is 11.3 Å². The number of ether oxygens (including phenoxy) is 1. The van der Waals surface area contributed by atoms with Crippen LogP contribution in [0.4, 0.5) is 0 Å². The summed E-state index contributed by atoms with van der Waals surface area (Å²) in [6.07, 6.45) is 0.997. The van der Waals surface area contributed by atoms with Crippen LogP contribution < -0.4 is 10.9 Å². The molecule has 1 atom stereocenters. The fourth-order valence-corrected chi connectivity index (χ4v) is 3.09. The Hall–Kier alpha value is -2.79. The smallest absolute Gasteiger partial charge is 0.414 e. The topological polar surface area (TPSA) is 159 Å². The standard InChI is InChI=1S/C14H19N3O3S.C2H2O4/c1-5-7(2)15-6-9-16-12(18)10-8(3)11(14(19)20-4)21-13(10)17-9;3-1(4)2(5)6/h7,15H,5-6H2,1-4H3,(H,16,17,18);(H,3,4)(H,5,6). The van der Waals surface area contributed by atoms with E-state index in [1.807, 2.05) is 0 Å². The fraction of sp³-hybridized carbons (Fsp3) is 0.438. The molecule has 10 nitrogen and oxygen atoms in total. The van der Waals surface area contributed by atoms with E-state index < -0.39 is 17.9 Å². The molecule has 11 heteroatoms. The van der Waals surface area contributed by atoms with Crippen molar-refractivity contribution in [2.24, 2.45) is 0 Å². The van der Waals surface area contributed by atoms with Gasteiger partial charge in [0, 0.05) is 6.04 Å². The molecule has 0 radical (unpaired) electrons. The average Bonchev–Trinajstić information content (AvgIpc) is 2.96. The third-order valence-electron chi connectivity index (χ3n) is 3.63. The van der Waals surface area contributed by atoms with Crippen molar-refractivity contribution in [2.75, 3.05) is 7.11 Å². The van der Waals surface area contributed by atoms with Gasteiger partial charge < -0.3 is 25.3 Å². The number of aryl methyl sites for hydroxylation is 1. The molecule has 148 valence electrons. The Labute approximate surface area is 158 Å². The lowest BCUT2D eigenvalue weighted by Gasteiger charge is -2.10. The fourth-order valence-electron chi connectivity index (χ4n) is 1.97. The lowest BCUT2D eigenvalue weighted by Crippen LogP contribution is -2.26. The molecule has 2 rings (SSSR count). The zero-order valence-corrected chi connectivity index (χ0v) is 16.1. The number of esters is 1. The number of nitrogens with one attached hydrogen (secondary N) is 2. The van der Waals surface area contributed by atoms with Crippen LogP contribution in [0.3, 0.4) is 0 Å². The van der Waals surface area contributed by atoms with E-state index in [2.05, 4.69) is 29.1 Å². The summed E-state index contributed by atoms with van der Waals surface area (Å²) in [6.45, 7) is 6.38. The molecule has 2 aromatic rings. The Bertz CT molecular complexity index is 891. The van der Waals surface area contributed by atoms with Gasteiger partial charge in [-0.05, 0) is 25.8 Å². The van der Waals surface area contributed by atoms with Crippen LogP contribution in [0.5, 0.6) is 0 Å². The van der Waals surface area contributed by atoms with Crippen molar-refractivity contribution < 1.29 is 29.3 Å². The van der Waals surface area contributed by atoms with Crippen LogP contribution in [-0.4, -0.2) is 51.2 Å². The molecular formula is C16H21N3O7S. The number of aromatic nitrogens is 2. The summed E-state index contributed by atoms with van der Waals surface area (Å²) >= 11 is 1.19. The van der Waals surface area contributed by atoms with Crippen LogP contribution in [-0.2, 0) is 20.9 Å². The van der Waals surface area contributed by atoms with Crippen LogP contribution >= 0.6 is 11.3 Å². The van der Waals surface area contributed by atoms with Gasteiger partial charge in [0.2, 0.25) is 0 Å². The molecule has 2 aromatic heterocycles. The van der Waals surface area contributed by atoms with E-state index in [0.717, 1.165) is 6.42 Å². The number of thiophene rings is 1. The van der Waals surface area contributed by atoms with Gasteiger partial charge in [-0.2, -0.15) is 0 Å². The van der Waals surface area contributed by atoms with Gasteiger partial charge in [-0.1, -0.05) is 6.92 Å². The second kappa shape index (κ2) is 9.78. The van der Waals surface area contributed by atoms with Crippen molar-refractivity contribution >= 4 is 39.5 Å². The first-order chi connectivity index (χ1) is 12.6. The summed E-state index contributed by atoms with van der Waals surface area (Å²) < 4.78 is 4.73. The Morgan fingerprint density at radius 2 is 1.89 bits per heavy atom. The number of carbonyl (C=O) groups excluding carboxylic acids is 1. The van der Waals surface area contributed by atoms with E-state index in [1.54, 1.807) is 6.92 Å². The van der Waals surface area contributed by atoms with Crippen LogP contribution in [0, 0.1) is 6.92 Å². The first-order valence-electron chi connectivity index (χ1n) is 7.92. The molecule has 0 fully saturated rings. The summed E-state index contributed by atoms with van der Waals surface area (Å²) in [7, 11) is 1.32. The summed E-state index contributed by atoms with van der Waals surface area (Å²) in [5, 5.41) is 18.5. The predicted molar refractivity (Wildman–Crippen MR) is 98.2 cm³/mol. The van der Waals surface area contributed by atoms with Gasteiger partial charge >= 0.3 is 17.9 Å². The van der Waals surface area contributed by atoms with Gasteiger partial charge in [0.1, 0.15) is 15.5 Å². The first kappa shape index (κ1) is 22.3. The van der Waals surface area contributed by atoms with Crippen LogP contribution in [0.25, 0.3) is 10.2 Å².